The molecule has 1 N–H and O–H groups in total. The van der Waals surface area contributed by atoms with Gasteiger partial charge in [-0.3, -0.25) is 0 Å². The molecular formula is C14H28N2O. The van der Waals surface area contributed by atoms with E-state index in [0.717, 1.165) is 25.7 Å². The van der Waals surface area contributed by atoms with E-state index in [0.29, 0.717) is 12.0 Å². The summed E-state index contributed by atoms with van der Waals surface area (Å²) in [6.07, 6.45) is 3.93. The van der Waals surface area contributed by atoms with Crippen LogP contribution in [0.1, 0.15) is 33.1 Å². The Morgan fingerprint density at radius 1 is 1.24 bits per heavy atom. The van der Waals surface area contributed by atoms with Gasteiger partial charge < -0.3 is 15.0 Å². The van der Waals surface area contributed by atoms with Crippen LogP contribution in [0.25, 0.3) is 0 Å². The summed E-state index contributed by atoms with van der Waals surface area (Å²) in [7, 11) is 0. The van der Waals surface area contributed by atoms with Crippen LogP contribution < -0.4 is 5.32 Å². The fraction of sp³-hybridized carbons (Fsp3) is 1.00. The second kappa shape index (κ2) is 6.72. The van der Waals surface area contributed by atoms with Crippen LogP contribution >= 0.6 is 0 Å². The normalized spacial score (nSPS) is 32.8. The maximum Gasteiger partial charge on any atom is 0.0521 e. The van der Waals surface area contributed by atoms with Gasteiger partial charge in [-0.25, -0.2) is 0 Å². The molecule has 0 amide bonds. The Morgan fingerprint density at radius 3 is 2.71 bits per heavy atom. The molecule has 0 radical (unpaired) electrons. The molecule has 0 aliphatic carbocycles. The quantitative estimate of drug-likeness (QED) is 0.810. The molecule has 0 aromatic carbocycles. The summed E-state index contributed by atoms with van der Waals surface area (Å²) in [4.78, 5) is 2.64. The molecule has 3 heteroatoms. The van der Waals surface area contributed by atoms with Crippen molar-refractivity contribution in [2.45, 2.75) is 39.2 Å². The highest BCUT2D eigenvalue weighted by Gasteiger charge is 2.27. The molecule has 2 rings (SSSR count). The summed E-state index contributed by atoms with van der Waals surface area (Å²) < 4.78 is 5.65. The predicted octanol–water partition coefficient (Wildman–Crippen LogP) is 1.73. The standard InChI is InChI=1S/C14H28N2O/c1-3-15-14-6-9-17-11-13(14)10-16-7-4-12(2)5-8-16/h12-15H,3-11H2,1-2H3. The number of likely N-dealkylation sites (tertiary alicyclic amines) is 1. The van der Waals surface area contributed by atoms with E-state index in [1.54, 1.807) is 0 Å². The maximum absolute atomic E-state index is 5.65. The Hall–Kier alpha value is -0.120. The summed E-state index contributed by atoms with van der Waals surface area (Å²) in [6, 6.07) is 0.674. The van der Waals surface area contributed by atoms with Crippen molar-refractivity contribution in [2.75, 3.05) is 39.4 Å². The maximum atomic E-state index is 5.65. The van der Waals surface area contributed by atoms with Crippen molar-refractivity contribution >= 4 is 0 Å². The van der Waals surface area contributed by atoms with Crippen molar-refractivity contribution in [3.05, 3.63) is 0 Å². The second-order valence-electron chi connectivity index (χ2n) is 5.77. The molecule has 0 bridgehead atoms. The first-order valence-corrected chi connectivity index (χ1v) is 7.33. The number of nitrogens with one attached hydrogen (secondary N) is 1. The zero-order valence-electron chi connectivity index (χ0n) is 11.5. The Morgan fingerprint density at radius 2 is 2.00 bits per heavy atom. The minimum Gasteiger partial charge on any atom is -0.381 e. The largest absolute Gasteiger partial charge is 0.381 e. The second-order valence-corrected chi connectivity index (χ2v) is 5.77. The summed E-state index contributed by atoms with van der Waals surface area (Å²) in [5.41, 5.74) is 0. The smallest absolute Gasteiger partial charge is 0.0521 e. The summed E-state index contributed by atoms with van der Waals surface area (Å²) in [5, 5.41) is 3.63. The van der Waals surface area contributed by atoms with Gasteiger partial charge in [0.25, 0.3) is 0 Å². The van der Waals surface area contributed by atoms with Gasteiger partial charge in [-0.2, -0.15) is 0 Å². The van der Waals surface area contributed by atoms with Crippen LogP contribution in [0.2, 0.25) is 0 Å². The van der Waals surface area contributed by atoms with Gasteiger partial charge in [-0.05, 0) is 44.8 Å². The average molecular weight is 240 g/mol. The van der Waals surface area contributed by atoms with Crippen molar-refractivity contribution in [1.82, 2.24) is 10.2 Å². The van der Waals surface area contributed by atoms with E-state index in [2.05, 4.69) is 24.1 Å². The molecule has 17 heavy (non-hydrogen) atoms. The lowest BCUT2D eigenvalue weighted by Crippen LogP contribution is -2.49. The summed E-state index contributed by atoms with van der Waals surface area (Å²) in [6.45, 7) is 11.3. The number of piperidine rings is 1. The number of hydrogen-bond donors (Lipinski definition) is 1. The van der Waals surface area contributed by atoms with E-state index in [-0.39, 0.29) is 0 Å². The highest BCUT2D eigenvalue weighted by Crippen LogP contribution is 2.21. The molecular weight excluding hydrogens is 212 g/mol. The van der Waals surface area contributed by atoms with E-state index in [1.807, 2.05) is 0 Å². The van der Waals surface area contributed by atoms with E-state index in [1.165, 1.54) is 38.9 Å². The minimum absolute atomic E-state index is 0.674. The van der Waals surface area contributed by atoms with Crippen LogP contribution in [0.5, 0.6) is 0 Å². The topological polar surface area (TPSA) is 24.5 Å². The zero-order chi connectivity index (χ0) is 12.1. The van der Waals surface area contributed by atoms with Crippen LogP contribution in [-0.4, -0.2) is 50.3 Å². The van der Waals surface area contributed by atoms with Gasteiger partial charge in [-0.15, -0.1) is 0 Å². The van der Waals surface area contributed by atoms with Gasteiger partial charge in [0.1, 0.15) is 0 Å². The first kappa shape index (κ1) is 13.3. The van der Waals surface area contributed by atoms with Crippen LogP contribution in [0.15, 0.2) is 0 Å². The highest BCUT2D eigenvalue weighted by atomic mass is 16.5. The van der Waals surface area contributed by atoms with Crippen LogP contribution in [0, 0.1) is 11.8 Å². The average Bonchev–Trinajstić information content (AvgIpc) is 2.35. The molecule has 0 aromatic heterocycles. The van der Waals surface area contributed by atoms with Gasteiger partial charge >= 0.3 is 0 Å². The first-order chi connectivity index (χ1) is 8.29. The molecule has 2 fully saturated rings. The summed E-state index contributed by atoms with van der Waals surface area (Å²) in [5.74, 6) is 1.62. The van der Waals surface area contributed by atoms with E-state index in [4.69, 9.17) is 4.74 Å². The molecule has 2 heterocycles. The lowest BCUT2D eigenvalue weighted by molar-refractivity contribution is 0.0126. The molecule has 100 valence electrons. The lowest BCUT2D eigenvalue weighted by Gasteiger charge is -2.38. The van der Waals surface area contributed by atoms with Gasteiger partial charge in [0.05, 0.1) is 6.61 Å². The van der Waals surface area contributed by atoms with E-state index in [9.17, 15) is 0 Å². The van der Waals surface area contributed by atoms with Crippen molar-refractivity contribution in [3.8, 4) is 0 Å². The summed E-state index contributed by atoms with van der Waals surface area (Å²) >= 11 is 0. The fourth-order valence-corrected chi connectivity index (χ4v) is 3.08. The Bertz CT molecular complexity index is 212. The van der Waals surface area contributed by atoms with Gasteiger partial charge in [0.2, 0.25) is 0 Å². The molecule has 0 saturated carbocycles. The van der Waals surface area contributed by atoms with Gasteiger partial charge in [-0.1, -0.05) is 13.8 Å². The van der Waals surface area contributed by atoms with Crippen LogP contribution in [0.3, 0.4) is 0 Å². The van der Waals surface area contributed by atoms with Crippen molar-refractivity contribution in [3.63, 3.8) is 0 Å². The Labute approximate surface area is 106 Å². The number of nitrogens with zero attached hydrogens (tertiary/aromatic N) is 1. The molecule has 2 unspecified atom stereocenters. The molecule has 0 spiro atoms. The molecule has 2 aliphatic heterocycles. The number of rotatable bonds is 4. The molecule has 2 atom stereocenters. The number of ether oxygens (including phenoxy) is 1. The third-order valence-corrected chi connectivity index (χ3v) is 4.31. The van der Waals surface area contributed by atoms with Crippen LogP contribution in [0.4, 0.5) is 0 Å². The number of hydrogen-bond acceptors (Lipinski definition) is 3. The SMILES string of the molecule is CCNC1CCOCC1CN1CCC(C)CC1. The van der Waals surface area contributed by atoms with Crippen molar-refractivity contribution in [1.29, 1.82) is 0 Å². The zero-order valence-corrected chi connectivity index (χ0v) is 11.5. The minimum atomic E-state index is 0.674. The predicted molar refractivity (Wildman–Crippen MR) is 71.2 cm³/mol. The van der Waals surface area contributed by atoms with Crippen molar-refractivity contribution in [2.24, 2.45) is 11.8 Å². The molecule has 2 saturated heterocycles. The monoisotopic (exact) mass is 240 g/mol. The Balaban J connectivity index is 1.79. The lowest BCUT2D eigenvalue weighted by atomic mass is 9.93. The Kier molecular flexibility index (Phi) is 5.26. The van der Waals surface area contributed by atoms with E-state index < -0.39 is 0 Å². The molecule has 3 nitrogen and oxygen atoms in total. The third-order valence-electron chi connectivity index (χ3n) is 4.31. The molecule has 2 aliphatic rings. The van der Waals surface area contributed by atoms with Crippen molar-refractivity contribution < 1.29 is 4.74 Å². The molecule has 0 aromatic rings. The fourth-order valence-electron chi connectivity index (χ4n) is 3.08. The third kappa shape index (κ3) is 3.94. The first-order valence-electron chi connectivity index (χ1n) is 7.33. The highest BCUT2D eigenvalue weighted by molar-refractivity contribution is 4.83. The van der Waals surface area contributed by atoms with Gasteiger partial charge in [0.15, 0.2) is 0 Å². The van der Waals surface area contributed by atoms with Gasteiger partial charge in [0, 0.05) is 25.1 Å². The van der Waals surface area contributed by atoms with Crippen LogP contribution in [-0.2, 0) is 4.74 Å². The van der Waals surface area contributed by atoms with E-state index >= 15 is 0 Å².